The van der Waals surface area contributed by atoms with Crippen molar-refractivity contribution in [1.29, 1.82) is 0 Å². The zero-order valence-corrected chi connectivity index (χ0v) is 18.9. The van der Waals surface area contributed by atoms with Crippen molar-refractivity contribution in [1.82, 2.24) is 16.2 Å². The first-order valence-electron chi connectivity index (χ1n) is 10.2. The molecule has 0 aliphatic heterocycles. The summed E-state index contributed by atoms with van der Waals surface area (Å²) in [5.74, 6) is 0.676. The molecule has 8 nitrogen and oxygen atoms in total. The molecule has 0 saturated carbocycles. The Kier molecular flexibility index (Phi) is 10.1. The predicted molar refractivity (Wildman–Crippen MR) is 115 cm³/mol. The Hall–Kier alpha value is -2.77. The fourth-order valence-electron chi connectivity index (χ4n) is 2.31. The number of nitrogens with one attached hydrogen (secondary N) is 3. The van der Waals surface area contributed by atoms with Gasteiger partial charge in [-0.3, -0.25) is 25.2 Å². The molecule has 0 heterocycles. The molecular formula is C22H35N3O5. The van der Waals surface area contributed by atoms with Gasteiger partial charge in [-0.1, -0.05) is 34.6 Å². The maximum Gasteiger partial charge on any atom is 0.269 e. The highest BCUT2D eigenvalue weighted by atomic mass is 16.5. The molecule has 0 radical (unpaired) electrons. The molecule has 1 aromatic carbocycles. The second-order valence-corrected chi connectivity index (χ2v) is 8.51. The monoisotopic (exact) mass is 421 g/mol. The molecule has 0 fully saturated rings. The molecule has 3 amide bonds. The number of rotatable bonds is 10. The minimum absolute atomic E-state index is 0.0678. The number of amides is 3. The summed E-state index contributed by atoms with van der Waals surface area (Å²) in [6.45, 7) is 10.7. The van der Waals surface area contributed by atoms with Crippen molar-refractivity contribution in [2.45, 2.75) is 53.9 Å². The van der Waals surface area contributed by atoms with E-state index in [0.717, 1.165) is 6.42 Å². The topological polar surface area (TPSA) is 106 Å². The summed E-state index contributed by atoms with van der Waals surface area (Å²) >= 11 is 0. The zero-order chi connectivity index (χ0) is 22.7. The van der Waals surface area contributed by atoms with Crippen LogP contribution in [-0.2, 0) is 9.59 Å². The quantitative estimate of drug-likeness (QED) is 0.398. The summed E-state index contributed by atoms with van der Waals surface area (Å²) in [6.07, 6.45) is 1.56. The Morgan fingerprint density at radius 2 is 1.77 bits per heavy atom. The third kappa shape index (κ3) is 9.15. The molecule has 0 atom stereocenters. The van der Waals surface area contributed by atoms with E-state index in [4.69, 9.17) is 9.47 Å². The van der Waals surface area contributed by atoms with Crippen LogP contribution >= 0.6 is 0 Å². The average molecular weight is 422 g/mol. The van der Waals surface area contributed by atoms with Crippen LogP contribution in [0.25, 0.3) is 0 Å². The van der Waals surface area contributed by atoms with Crippen molar-refractivity contribution in [2.24, 2.45) is 11.3 Å². The second kappa shape index (κ2) is 12.0. The highest BCUT2D eigenvalue weighted by Crippen LogP contribution is 2.28. The molecule has 0 unspecified atom stereocenters. The van der Waals surface area contributed by atoms with E-state index in [-0.39, 0.29) is 18.2 Å². The molecule has 0 spiro atoms. The number of carbonyl (C=O) groups excluding carboxylic acids is 3. The number of benzene rings is 1. The number of hydrazine groups is 1. The lowest BCUT2D eigenvalue weighted by molar-refractivity contribution is -0.128. The number of methoxy groups -OCH3 is 1. The molecule has 1 rings (SSSR count). The number of hydrogen-bond donors (Lipinski definition) is 3. The summed E-state index contributed by atoms with van der Waals surface area (Å²) in [6, 6.07) is 4.85. The Balaban J connectivity index is 2.45. The SMILES string of the molecule is COc1cc(C(=O)NNC(=O)CCCNC(=O)C(C)(C)C)ccc1OCCC(C)C. The Bertz CT molecular complexity index is 726. The minimum Gasteiger partial charge on any atom is -0.493 e. The van der Waals surface area contributed by atoms with Gasteiger partial charge in [-0.15, -0.1) is 0 Å². The van der Waals surface area contributed by atoms with Crippen LogP contribution in [0.5, 0.6) is 11.5 Å². The molecule has 0 aromatic heterocycles. The van der Waals surface area contributed by atoms with Crippen molar-refractivity contribution in [3.63, 3.8) is 0 Å². The summed E-state index contributed by atoms with van der Waals surface area (Å²) in [5, 5.41) is 2.78. The summed E-state index contributed by atoms with van der Waals surface area (Å²) < 4.78 is 11.0. The van der Waals surface area contributed by atoms with E-state index >= 15 is 0 Å². The van der Waals surface area contributed by atoms with Crippen molar-refractivity contribution in [2.75, 3.05) is 20.3 Å². The van der Waals surface area contributed by atoms with Crippen LogP contribution in [-0.4, -0.2) is 38.0 Å². The Labute approximate surface area is 179 Å². The first-order valence-corrected chi connectivity index (χ1v) is 10.2. The number of carbonyl (C=O) groups is 3. The summed E-state index contributed by atoms with van der Waals surface area (Å²) in [4.78, 5) is 35.9. The van der Waals surface area contributed by atoms with E-state index in [9.17, 15) is 14.4 Å². The van der Waals surface area contributed by atoms with Crippen LogP contribution in [0, 0.1) is 11.3 Å². The van der Waals surface area contributed by atoms with Gasteiger partial charge in [0.2, 0.25) is 11.8 Å². The first-order chi connectivity index (χ1) is 14.0. The van der Waals surface area contributed by atoms with Gasteiger partial charge in [0, 0.05) is 23.9 Å². The maximum absolute atomic E-state index is 12.3. The van der Waals surface area contributed by atoms with Crippen molar-refractivity contribution < 1.29 is 23.9 Å². The van der Waals surface area contributed by atoms with Crippen LogP contribution < -0.4 is 25.6 Å². The molecule has 0 bridgehead atoms. The lowest BCUT2D eigenvalue weighted by Crippen LogP contribution is -2.42. The number of ether oxygens (including phenoxy) is 2. The molecule has 3 N–H and O–H groups in total. The molecule has 0 saturated heterocycles. The first kappa shape index (κ1) is 25.3. The van der Waals surface area contributed by atoms with E-state index in [1.165, 1.54) is 7.11 Å². The van der Waals surface area contributed by atoms with Crippen LogP contribution in [0.3, 0.4) is 0 Å². The summed E-state index contributed by atoms with van der Waals surface area (Å²) in [5.41, 5.74) is 4.62. The largest absolute Gasteiger partial charge is 0.493 e. The zero-order valence-electron chi connectivity index (χ0n) is 18.9. The minimum atomic E-state index is -0.466. The molecule has 1 aromatic rings. The Morgan fingerprint density at radius 3 is 2.37 bits per heavy atom. The van der Waals surface area contributed by atoms with Gasteiger partial charge in [0.15, 0.2) is 11.5 Å². The Morgan fingerprint density at radius 1 is 1.07 bits per heavy atom. The van der Waals surface area contributed by atoms with Crippen molar-refractivity contribution in [3.05, 3.63) is 23.8 Å². The molecule has 168 valence electrons. The molecule has 30 heavy (non-hydrogen) atoms. The van der Waals surface area contributed by atoms with Gasteiger partial charge >= 0.3 is 0 Å². The molecular weight excluding hydrogens is 386 g/mol. The van der Waals surface area contributed by atoms with Crippen molar-refractivity contribution in [3.8, 4) is 11.5 Å². The van der Waals surface area contributed by atoms with E-state index in [1.807, 2.05) is 20.8 Å². The van der Waals surface area contributed by atoms with E-state index < -0.39 is 11.3 Å². The predicted octanol–water partition coefficient (Wildman–Crippen LogP) is 2.82. The van der Waals surface area contributed by atoms with Crippen LogP contribution in [0.4, 0.5) is 0 Å². The van der Waals surface area contributed by atoms with Crippen molar-refractivity contribution >= 4 is 17.7 Å². The van der Waals surface area contributed by atoms with Gasteiger partial charge in [-0.2, -0.15) is 0 Å². The van der Waals surface area contributed by atoms with E-state index in [2.05, 4.69) is 30.0 Å². The van der Waals surface area contributed by atoms with Gasteiger partial charge in [0.05, 0.1) is 13.7 Å². The molecule has 8 heteroatoms. The van der Waals surface area contributed by atoms with Gasteiger partial charge in [0.25, 0.3) is 5.91 Å². The van der Waals surface area contributed by atoms with Gasteiger partial charge in [0.1, 0.15) is 0 Å². The fraction of sp³-hybridized carbons (Fsp3) is 0.591. The smallest absolute Gasteiger partial charge is 0.269 e. The van der Waals surface area contributed by atoms with Crippen LogP contribution in [0.15, 0.2) is 18.2 Å². The van der Waals surface area contributed by atoms with E-state index in [0.29, 0.717) is 42.6 Å². The van der Waals surface area contributed by atoms with Crippen LogP contribution in [0.2, 0.25) is 0 Å². The molecule has 0 aliphatic rings. The number of hydrogen-bond acceptors (Lipinski definition) is 5. The van der Waals surface area contributed by atoms with Gasteiger partial charge in [-0.25, -0.2) is 0 Å². The normalized spacial score (nSPS) is 11.0. The lowest BCUT2D eigenvalue weighted by Gasteiger charge is -2.17. The molecule has 0 aliphatic carbocycles. The van der Waals surface area contributed by atoms with Crippen LogP contribution in [0.1, 0.15) is 64.2 Å². The maximum atomic E-state index is 12.3. The highest BCUT2D eigenvalue weighted by Gasteiger charge is 2.20. The third-order valence-corrected chi connectivity index (χ3v) is 4.24. The van der Waals surface area contributed by atoms with E-state index in [1.54, 1.807) is 18.2 Å². The average Bonchev–Trinajstić information content (AvgIpc) is 2.68. The van der Waals surface area contributed by atoms with Gasteiger partial charge in [-0.05, 0) is 37.0 Å². The third-order valence-electron chi connectivity index (χ3n) is 4.24. The van der Waals surface area contributed by atoms with Gasteiger partial charge < -0.3 is 14.8 Å². The lowest BCUT2D eigenvalue weighted by atomic mass is 9.96. The second-order valence-electron chi connectivity index (χ2n) is 8.51. The highest BCUT2D eigenvalue weighted by molar-refractivity contribution is 5.96. The fourth-order valence-corrected chi connectivity index (χ4v) is 2.31. The summed E-state index contributed by atoms with van der Waals surface area (Å²) in [7, 11) is 1.51. The standard InChI is InChI=1S/C22H35N3O5/c1-15(2)11-13-30-17-10-9-16(14-18(17)29-6)20(27)25-24-19(26)8-7-12-23-21(28)22(3,4)5/h9-10,14-15H,7-8,11-13H2,1-6H3,(H,23,28)(H,24,26)(H,25,27).